The van der Waals surface area contributed by atoms with Gasteiger partial charge in [0.25, 0.3) is 10.0 Å². The summed E-state index contributed by atoms with van der Waals surface area (Å²) in [6, 6.07) is 15.7. The number of pyridine rings is 1. The van der Waals surface area contributed by atoms with Crippen molar-refractivity contribution in [2.45, 2.75) is 11.8 Å². The molecule has 1 N–H and O–H groups in total. The Labute approximate surface area is 172 Å². The van der Waals surface area contributed by atoms with Crippen LogP contribution in [-0.2, 0) is 10.0 Å². The molecule has 0 radical (unpaired) electrons. The van der Waals surface area contributed by atoms with Crippen LogP contribution < -0.4 is 4.72 Å². The Bertz CT molecular complexity index is 1250. The van der Waals surface area contributed by atoms with E-state index in [2.05, 4.69) is 9.71 Å². The fourth-order valence-electron chi connectivity index (χ4n) is 2.83. The first-order chi connectivity index (χ1) is 13.3. The van der Waals surface area contributed by atoms with Gasteiger partial charge < -0.3 is 4.40 Å². The number of hydrogen-bond acceptors (Lipinski definition) is 3. The molecule has 142 valence electrons. The second kappa shape index (κ2) is 7.13. The zero-order valence-corrected chi connectivity index (χ0v) is 17.1. The Balaban J connectivity index is 1.61. The van der Waals surface area contributed by atoms with Crippen LogP contribution in [0.15, 0.2) is 71.9 Å². The summed E-state index contributed by atoms with van der Waals surface area (Å²) in [5, 5.41) is 0.491. The van der Waals surface area contributed by atoms with Crippen molar-refractivity contribution >= 4 is 44.6 Å². The molecule has 0 bridgehead atoms. The van der Waals surface area contributed by atoms with Crippen molar-refractivity contribution < 1.29 is 8.42 Å². The van der Waals surface area contributed by atoms with Crippen molar-refractivity contribution in [2.75, 3.05) is 4.72 Å². The minimum atomic E-state index is -3.84. The van der Waals surface area contributed by atoms with E-state index in [4.69, 9.17) is 23.2 Å². The molecule has 5 nitrogen and oxygen atoms in total. The first kappa shape index (κ1) is 18.8. The van der Waals surface area contributed by atoms with Crippen LogP contribution in [0, 0.1) is 6.92 Å². The number of fused-ring (bicyclic) bond motifs is 1. The van der Waals surface area contributed by atoms with E-state index in [1.54, 1.807) is 19.1 Å². The molecule has 2 aromatic heterocycles. The van der Waals surface area contributed by atoms with Crippen LogP contribution in [0.1, 0.15) is 5.56 Å². The lowest BCUT2D eigenvalue weighted by atomic mass is 10.1. The SMILES string of the molecule is Cc1cc(S(=O)(=O)Nc2ccc(-c3cn4ccccc4n3)cc2)c(Cl)cc1Cl. The molecule has 0 fully saturated rings. The number of nitrogens with one attached hydrogen (secondary N) is 1. The molecule has 0 aliphatic rings. The molecule has 0 saturated carbocycles. The van der Waals surface area contributed by atoms with E-state index in [1.165, 1.54) is 12.1 Å². The highest BCUT2D eigenvalue weighted by Crippen LogP contribution is 2.30. The third-order valence-corrected chi connectivity index (χ3v) is 6.55. The van der Waals surface area contributed by atoms with Crippen LogP contribution in [0.4, 0.5) is 5.69 Å². The fraction of sp³-hybridized carbons (Fsp3) is 0.0500. The molecule has 0 amide bonds. The molecule has 0 aliphatic carbocycles. The summed E-state index contributed by atoms with van der Waals surface area (Å²) in [6.07, 6.45) is 3.84. The fourth-order valence-corrected chi connectivity index (χ4v) is 4.72. The monoisotopic (exact) mass is 431 g/mol. The van der Waals surface area contributed by atoms with Gasteiger partial charge in [0.15, 0.2) is 0 Å². The molecular weight excluding hydrogens is 417 g/mol. The maximum atomic E-state index is 12.7. The van der Waals surface area contributed by atoms with Crippen molar-refractivity contribution in [3.63, 3.8) is 0 Å². The number of halogens is 2. The summed E-state index contributed by atoms with van der Waals surface area (Å²) < 4.78 is 29.9. The predicted octanol–water partition coefficient (Wildman–Crippen LogP) is 5.42. The molecular formula is C20H15Cl2N3O2S. The Morgan fingerprint density at radius 3 is 2.46 bits per heavy atom. The second-order valence-corrected chi connectivity index (χ2v) is 8.77. The molecule has 4 aromatic rings. The normalized spacial score (nSPS) is 11.7. The van der Waals surface area contributed by atoms with Crippen molar-refractivity contribution in [1.29, 1.82) is 0 Å². The number of benzene rings is 2. The number of hydrogen-bond donors (Lipinski definition) is 1. The summed E-state index contributed by atoms with van der Waals surface area (Å²) in [5.41, 5.74) is 3.59. The van der Waals surface area contributed by atoms with Crippen molar-refractivity contribution in [3.05, 3.63) is 82.6 Å². The summed E-state index contributed by atoms with van der Waals surface area (Å²) in [6.45, 7) is 1.72. The first-order valence-electron chi connectivity index (χ1n) is 8.36. The molecule has 8 heteroatoms. The number of aromatic nitrogens is 2. The molecule has 2 heterocycles. The van der Waals surface area contributed by atoms with Gasteiger partial charge in [0.2, 0.25) is 0 Å². The van der Waals surface area contributed by atoms with Gasteiger partial charge in [-0.25, -0.2) is 13.4 Å². The van der Waals surface area contributed by atoms with Crippen LogP contribution in [-0.4, -0.2) is 17.8 Å². The van der Waals surface area contributed by atoms with Gasteiger partial charge in [-0.2, -0.15) is 0 Å². The van der Waals surface area contributed by atoms with Gasteiger partial charge in [0, 0.05) is 28.7 Å². The third kappa shape index (κ3) is 3.58. The van der Waals surface area contributed by atoms with E-state index in [0.29, 0.717) is 16.3 Å². The summed E-state index contributed by atoms with van der Waals surface area (Å²) in [5.74, 6) is 0. The van der Waals surface area contributed by atoms with E-state index >= 15 is 0 Å². The van der Waals surface area contributed by atoms with E-state index < -0.39 is 10.0 Å². The van der Waals surface area contributed by atoms with Gasteiger partial charge in [0.05, 0.1) is 10.7 Å². The van der Waals surface area contributed by atoms with E-state index in [9.17, 15) is 8.42 Å². The molecule has 4 rings (SSSR count). The van der Waals surface area contributed by atoms with Gasteiger partial charge in [-0.05, 0) is 48.9 Å². The smallest absolute Gasteiger partial charge is 0.263 e. The lowest BCUT2D eigenvalue weighted by molar-refractivity contribution is 0.601. The van der Waals surface area contributed by atoms with Crippen LogP contribution in [0.5, 0.6) is 0 Å². The lowest BCUT2D eigenvalue weighted by Gasteiger charge is -2.11. The zero-order chi connectivity index (χ0) is 19.9. The largest absolute Gasteiger partial charge is 0.306 e. The average molecular weight is 432 g/mol. The van der Waals surface area contributed by atoms with Crippen molar-refractivity contribution in [1.82, 2.24) is 9.38 Å². The molecule has 0 spiro atoms. The first-order valence-corrected chi connectivity index (χ1v) is 10.6. The summed E-state index contributed by atoms with van der Waals surface area (Å²) >= 11 is 12.1. The van der Waals surface area contributed by atoms with Gasteiger partial charge >= 0.3 is 0 Å². The Morgan fingerprint density at radius 2 is 1.75 bits per heavy atom. The number of aryl methyl sites for hydroxylation is 1. The van der Waals surface area contributed by atoms with E-state index in [1.807, 2.05) is 47.1 Å². The maximum absolute atomic E-state index is 12.7. The second-order valence-electron chi connectivity index (χ2n) is 6.31. The molecule has 2 aromatic carbocycles. The standard InChI is InChI=1S/C20H15Cl2N3O2S/c1-13-10-19(17(22)11-16(13)21)28(26,27)24-15-7-5-14(6-8-15)18-12-25-9-3-2-4-20(25)23-18/h2-12,24H,1H3. The number of rotatable bonds is 4. The molecule has 0 saturated heterocycles. The number of nitrogens with zero attached hydrogens (tertiary/aromatic N) is 2. The quantitative estimate of drug-likeness (QED) is 0.469. The zero-order valence-electron chi connectivity index (χ0n) is 14.7. The highest BCUT2D eigenvalue weighted by molar-refractivity contribution is 7.92. The van der Waals surface area contributed by atoms with Gasteiger partial charge in [-0.1, -0.05) is 41.4 Å². The number of anilines is 1. The van der Waals surface area contributed by atoms with Crippen molar-refractivity contribution in [3.8, 4) is 11.3 Å². The topological polar surface area (TPSA) is 63.5 Å². The van der Waals surface area contributed by atoms with Crippen LogP contribution in [0.3, 0.4) is 0 Å². The van der Waals surface area contributed by atoms with E-state index in [0.717, 1.165) is 16.9 Å². The Morgan fingerprint density at radius 1 is 1.00 bits per heavy atom. The highest BCUT2D eigenvalue weighted by atomic mass is 35.5. The highest BCUT2D eigenvalue weighted by Gasteiger charge is 2.19. The molecule has 28 heavy (non-hydrogen) atoms. The van der Waals surface area contributed by atoms with Gasteiger partial charge in [-0.15, -0.1) is 0 Å². The Hall–Kier alpha value is -2.54. The lowest BCUT2D eigenvalue weighted by Crippen LogP contribution is -2.13. The number of sulfonamides is 1. The predicted molar refractivity (Wildman–Crippen MR) is 113 cm³/mol. The average Bonchev–Trinajstić information content (AvgIpc) is 3.09. The maximum Gasteiger partial charge on any atom is 0.263 e. The molecule has 0 atom stereocenters. The Kier molecular flexibility index (Phi) is 4.79. The van der Waals surface area contributed by atoms with Crippen LogP contribution in [0.2, 0.25) is 10.0 Å². The van der Waals surface area contributed by atoms with Crippen LogP contribution in [0.25, 0.3) is 16.9 Å². The number of imidazole rings is 1. The van der Waals surface area contributed by atoms with Crippen molar-refractivity contribution in [2.24, 2.45) is 0 Å². The molecule has 0 unspecified atom stereocenters. The third-order valence-electron chi connectivity index (χ3n) is 4.30. The summed E-state index contributed by atoms with van der Waals surface area (Å²) in [4.78, 5) is 4.55. The van der Waals surface area contributed by atoms with E-state index in [-0.39, 0.29) is 9.92 Å². The van der Waals surface area contributed by atoms with Gasteiger partial charge in [0.1, 0.15) is 10.5 Å². The van der Waals surface area contributed by atoms with Crippen LogP contribution >= 0.6 is 23.2 Å². The minimum absolute atomic E-state index is 0.0134. The van der Waals surface area contributed by atoms with Gasteiger partial charge in [-0.3, -0.25) is 4.72 Å². The molecule has 0 aliphatic heterocycles. The summed E-state index contributed by atoms with van der Waals surface area (Å²) in [7, 11) is -3.84. The minimum Gasteiger partial charge on any atom is -0.306 e.